The third-order valence-electron chi connectivity index (χ3n) is 3.31. The molecule has 17 heavy (non-hydrogen) atoms. The number of aliphatic hydroxyl groups is 1. The van der Waals surface area contributed by atoms with Crippen LogP contribution in [0, 0.1) is 5.92 Å². The zero-order valence-corrected chi connectivity index (χ0v) is 9.65. The van der Waals surface area contributed by atoms with Gasteiger partial charge in [0.2, 0.25) is 11.9 Å². The van der Waals surface area contributed by atoms with Gasteiger partial charge in [0.15, 0.2) is 0 Å². The van der Waals surface area contributed by atoms with Gasteiger partial charge in [-0.1, -0.05) is 0 Å². The Bertz CT molecular complexity index is 398. The number of hydrogen-bond acceptors (Lipinski definition) is 5. The molecule has 0 radical (unpaired) electrons. The molecule has 6 heteroatoms. The lowest BCUT2D eigenvalue weighted by molar-refractivity contribution is -0.124. The fourth-order valence-electron chi connectivity index (χ4n) is 2.31. The number of carbonyl (C=O) groups is 1. The van der Waals surface area contributed by atoms with Crippen LogP contribution in [-0.2, 0) is 4.79 Å². The lowest BCUT2D eigenvalue weighted by Gasteiger charge is -2.27. The Morgan fingerprint density at radius 1 is 1.47 bits per heavy atom. The van der Waals surface area contributed by atoms with Crippen molar-refractivity contribution < 1.29 is 9.90 Å². The molecule has 3 atom stereocenters. The van der Waals surface area contributed by atoms with Crippen molar-refractivity contribution >= 4 is 11.9 Å². The van der Waals surface area contributed by atoms with Crippen LogP contribution in [0.1, 0.15) is 12.8 Å². The molecule has 1 aliphatic carbocycles. The summed E-state index contributed by atoms with van der Waals surface area (Å²) >= 11 is 0. The van der Waals surface area contributed by atoms with Gasteiger partial charge in [0.05, 0.1) is 18.1 Å². The van der Waals surface area contributed by atoms with Gasteiger partial charge in [-0.15, -0.1) is 0 Å². The summed E-state index contributed by atoms with van der Waals surface area (Å²) < 4.78 is 0. The first kappa shape index (κ1) is 11.8. The monoisotopic (exact) mass is 236 g/mol. The Morgan fingerprint density at radius 3 is 2.65 bits per heavy atom. The van der Waals surface area contributed by atoms with Gasteiger partial charge in [-0.05, 0) is 18.9 Å². The minimum absolute atomic E-state index is 0.158. The van der Waals surface area contributed by atoms with Gasteiger partial charge in [0, 0.05) is 19.4 Å². The maximum absolute atomic E-state index is 11.1. The number of hydrogen-bond donors (Lipinski definition) is 2. The highest BCUT2D eigenvalue weighted by molar-refractivity contribution is 5.78. The van der Waals surface area contributed by atoms with E-state index in [1.54, 1.807) is 23.4 Å². The van der Waals surface area contributed by atoms with Crippen LogP contribution in [0.25, 0.3) is 0 Å². The lowest BCUT2D eigenvalue weighted by Crippen LogP contribution is -2.43. The number of nitrogens with zero attached hydrogens (tertiary/aromatic N) is 3. The standard InChI is InChI=1S/C11H16N4O2/c1-15(11-13-5-2-6-14-11)8-4-3-7(9(8)16)10(12)17/h2,5-9,16H,3-4H2,1H3,(H2,12,17)/t7-,8-,9+/m1/s1. The molecule has 0 aliphatic heterocycles. The summed E-state index contributed by atoms with van der Waals surface area (Å²) in [6, 6.07) is 1.57. The van der Waals surface area contributed by atoms with E-state index in [0.717, 1.165) is 0 Å². The smallest absolute Gasteiger partial charge is 0.225 e. The Balaban J connectivity index is 2.12. The second kappa shape index (κ2) is 4.67. The second-order valence-corrected chi connectivity index (χ2v) is 4.30. The molecule has 1 aromatic heterocycles. The predicted molar refractivity (Wildman–Crippen MR) is 62.1 cm³/mol. The van der Waals surface area contributed by atoms with E-state index in [1.807, 2.05) is 7.05 Å². The molecule has 1 aliphatic rings. The first-order chi connectivity index (χ1) is 8.11. The van der Waals surface area contributed by atoms with Crippen LogP contribution in [0.3, 0.4) is 0 Å². The van der Waals surface area contributed by atoms with Crippen molar-refractivity contribution in [2.45, 2.75) is 25.0 Å². The molecule has 6 nitrogen and oxygen atoms in total. The van der Waals surface area contributed by atoms with Gasteiger partial charge in [-0.25, -0.2) is 9.97 Å². The molecule has 1 amide bonds. The van der Waals surface area contributed by atoms with Gasteiger partial charge in [-0.3, -0.25) is 4.79 Å². The van der Waals surface area contributed by atoms with E-state index in [9.17, 15) is 9.90 Å². The molecule has 0 unspecified atom stereocenters. The van der Waals surface area contributed by atoms with E-state index >= 15 is 0 Å². The van der Waals surface area contributed by atoms with Crippen molar-refractivity contribution in [1.29, 1.82) is 0 Å². The number of aliphatic hydroxyl groups excluding tert-OH is 1. The summed E-state index contributed by atoms with van der Waals surface area (Å²) in [6.45, 7) is 0. The first-order valence-electron chi connectivity index (χ1n) is 5.58. The summed E-state index contributed by atoms with van der Waals surface area (Å²) in [4.78, 5) is 21.2. The summed E-state index contributed by atoms with van der Waals surface area (Å²) in [6.07, 6.45) is 3.86. The third-order valence-corrected chi connectivity index (χ3v) is 3.31. The molecule has 0 aromatic carbocycles. The molecular weight excluding hydrogens is 220 g/mol. The van der Waals surface area contributed by atoms with E-state index in [1.165, 1.54) is 0 Å². The molecule has 1 fully saturated rings. The number of primary amides is 1. The number of aromatic nitrogens is 2. The quantitative estimate of drug-likeness (QED) is 0.740. The zero-order valence-electron chi connectivity index (χ0n) is 9.65. The normalized spacial score (nSPS) is 28.0. The van der Waals surface area contributed by atoms with Gasteiger partial charge in [-0.2, -0.15) is 0 Å². The topological polar surface area (TPSA) is 92.3 Å². The number of anilines is 1. The molecule has 3 N–H and O–H groups in total. The molecule has 0 saturated heterocycles. The van der Waals surface area contributed by atoms with Gasteiger partial charge >= 0.3 is 0 Å². The van der Waals surface area contributed by atoms with Crippen LogP contribution in [0.15, 0.2) is 18.5 Å². The second-order valence-electron chi connectivity index (χ2n) is 4.30. The average molecular weight is 236 g/mol. The van der Waals surface area contributed by atoms with Gasteiger partial charge in [0.1, 0.15) is 0 Å². The Labute approximate surface area is 99.5 Å². The van der Waals surface area contributed by atoms with Crippen molar-refractivity contribution in [1.82, 2.24) is 9.97 Å². The first-order valence-corrected chi connectivity index (χ1v) is 5.58. The highest BCUT2D eigenvalue weighted by Gasteiger charge is 2.40. The fraction of sp³-hybridized carbons (Fsp3) is 0.545. The molecule has 0 bridgehead atoms. The SMILES string of the molecule is CN(c1ncccn1)[C@@H]1CC[C@@H](C(N)=O)[C@@H]1O. The minimum Gasteiger partial charge on any atom is -0.390 e. The summed E-state index contributed by atoms with van der Waals surface area (Å²) in [5, 5.41) is 10.1. The fourth-order valence-corrected chi connectivity index (χ4v) is 2.31. The highest BCUT2D eigenvalue weighted by atomic mass is 16.3. The number of amides is 1. The Hall–Kier alpha value is -1.69. The van der Waals surface area contributed by atoms with Crippen LogP contribution in [0.2, 0.25) is 0 Å². The van der Waals surface area contributed by atoms with E-state index < -0.39 is 17.9 Å². The van der Waals surface area contributed by atoms with Crippen LogP contribution in [-0.4, -0.2) is 40.2 Å². The van der Waals surface area contributed by atoms with Crippen molar-refractivity contribution in [2.75, 3.05) is 11.9 Å². The summed E-state index contributed by atoms with van der Waals surface area (Å²) in [7, 11) is 1.81. The summed E-state index contributed by atoms with van der Waals surface area (Å²) in [5.74, 6) is -0.366. The molecule has 92 valence electrons. The van der Waals surface area contributed by atoms with Gasteiger partial charge in [0.25, 0.3) is 0 Å². The third kappa shape index (κ3) is 2.21. The average Bonchev–Trinajstić information content (AvgIpc) is 2.71. The maximum Gasteiger partial charge on any atom is 0.225 e. The summed E-state index contributed by atoms with van der Waals surface area (Å²) in [5.41, 5.74) is 5.24. The maximum atomic E-state index is 11.1. The molecule has 1 saturated carbocycles. The Kier molecular flexibility index (Phi) is 3.23. The van der Waals surface area contributed by atoms with Gasteiger partial charge < -0.3 is 15.7 Å². The highest BCUT2D eigenvalue weighted by Crippen LogP contribution is 2.30. The van der Waals surface area contributed by atoms with E-state index in [-0.39, 0.29) is 6.04 Å². The lowest BCUT2D eigenvalue weighted by atomic mass is 10.0. The predicted octanol–water partition coefficient (Wildman–Crippen LogP) is -0.462. The molecular formula is C11H16N4O2. The van der Waals surface area contributed by atoms with Crippen molar-refractivity contribution in [2.24, 2.45) is 11.7 Å². The Morgan fingerprint density at radius 2 is 2.12 bits per heavy atom. The minimum atomic E-state index is -0.749. The zero-order chi connectivity index (χ0) is 12.4. The molecule has 1 heterocycles. The van der Waals surface area contributed by atoms with Crippen LogP contribution < -0.4 is 10.6 Å². The number of rotatable bonds is 3. The number of likely N-dealkylation sites (N-methyl/N-ethyl adjacent to an activating group) is 1. The number of carbonyl (C=O) groups excluding carboxylic acids is 1. The molecule has 2 rings (SSSR count). The molecule has 1 aromatic rings. The van der Waals surface area contributed by atoms with Crippen molar-refractivity contribution in [3.63, 3.8) is 0 Å². The van der Waals surface area contributed by atoms with Crippen LogP contribution in [0.4, 0.5) is 5.95 Å². The van der Waals surface area contributed by atoms with Crippen LogP contribution in [0.5, 0.6) is 0 Å². The van der Waals surface area contributed by atoms with Crippen molar-refractivity contribution in [3.05, 3.63) is 18.5 Å². The van der Waals surface area contributed by atoms with Crippen molar-refractivity contribution in [3.8, 4) is 0 Å². The number of nitrogens with two attached hydrogens (primary N) is 1. The van der Waals surface area contributed by atoms with E-state index in [4.69, 9.17) is 5.73 Å². The van der Waals surface area contributed by atoms with E-state index in [2.05, 4.69) is 9.97 Å². The largest absolute Gasteiger partial charge is 0.390 e. The molecule has 0 spiro atoms. The van der Waals surface area contributed by atoms with E-state index in [0.29, 0.717) is 18.8 Å². The van der Waals surface area contributed by atoms with Crippen LogP contribution >= 0.6 is 0 Å².